The van der Waals surface area contributed by atoms with Crippen molar-refractivity contribution in [2.24, 2.45) is 5.92 Å². The number of anilines is 1. The van der Waals surface area contributed by atoms with Gasteiger partial charge in [-0.1, -0.05) is 42.5 Å². The molecular formula is C30H29FN4O2S2. The minimum Gasteiger partial charge on any atom is -0.296 e. The molecule has 0 spiro atoms. The number of hydrogen-bond acceptors (Lipinski definition) is 4. The van der Waals surface area contributed by atoms with Crippen molar-refractivity contribution in [3.05, 3.63) is 113 Å². The molecule has 6 nitrogen and oxygen atoms in total. The molecule has 0 N–H and O–H groups in total. The fourth-order valence-electron chi connectivity index (χ4n) is 5.21. The first-order valence-corrected chi connectivity index (χ1v) is 12.2. The maximum atomic E-state index is 14.1. The molecule has 4 aromatic rings. The van der Waals surface area contributed by atoms with Gasteiger partial charge in [0.2, 0.25) is 5.91 Å². The summed E-state index contributed by atoms with van der Waals surface area (Å²) in [5, 5.41) is 14.1. The van der Waals surface area contributed by atoms with Crippen molar-refractivity contribution in [3.63, 3.8) is 0 Å². The lowest BCUT2D eigenvalue weighted by Crippen LogP contribution is -2.45. The minimum absolute atomic E-state index is 0. The van der Waals surface area contributed by atoms with Crippen LogP contribution >= 0.6 is 27.0 Å². The first kappa shape index (κ1) is 29.7. The zero-order valence-electron chi connectivity index (χ0n) is 21.6. The lowest BCUT2D eigenvalue weighted by Gasteiger charge is -2.38. The van der Waals surface area contributed by atoms with Crippen LogP contribution in [0.1, 0.15) is 52.0 Å². The molecule has 1 aromatic heterocycles. The lowest BCUT2D eigenvalue weighted by atomic mass is 9.74. The number of rotatable bonds is 6. The van der Waals surface area contributed by atoms with Crippen LogP contribution in [0.4, 0.5) is 10.2 Å². The molecule has 0 unspecified atom stereocenters. The zero-order valence-corrected chi connectivity index (χ0v) is 23.6. The predicted molar refractivity (Wildman–Crippen MR) is 159 cm³/mol. The first-order chi connectivity index (χ1) is 17.9. The molecule has 1 aliphatic rings. The van der Waals surface area contributed by atoms with Crippen LogP contribution in [0.25, 0.3) is 5.69 Å². The van der Waals surface area contributed by atoms with E-state index >= 15 is 0 Å². The van der Waals surface area contributed by atoms with Gasteiger partial charge in [0.05, 0.1) is 28.9 Å². The van der Waals surface area contributed by atoms with E-state index in [2.05, 4.69) is 6.07 Å². The molecule has 200 valence electrons. The van der Waals surface area contributed by atoms with E-state index in [0.29, 0.717) is 23.5 Å². The molecule has 0 fully saturated rings. The van der Waals surface area contributed by atoms with Gasteiger partial charge in [0, 0.05) is 30.0 Å². The van der Waals surface area contributed by atoms with Crippen LogP contribution < -0.4 is 4.90 Å². The summed E-state index contributed by atoms with van der Waals surface area (Å²) in [7, 11) is 0. The number of aromatic nitrogens is 2. The normalized spacial score (nSPS) is 15.9. The van der Waals surface area contributed by atoms with Crippen LogP contribution in [-0.4, -0.2) is 28.0 Å². The van der Waals surface area contributed by atoms with Crippen LogP contribution in [0.5, 0.6) is 0 Å². The molecule has 0 bridgehead atoms. The number of benzene rings is 3. The summed E-state index contributed by atoms with van der Waals surface area (Å²) in [4.78, 5) is 29.2. The number of halogens is 1. The fourth-order valence-corrected chi connectivity index (χ4v) is 5.21. The average molecular weight is 561 g/mol. The molecule has 2 atom stereocenters. The van der Waals surface area contributed by atoms with E-state index in [1.807, 2.05) is 44.2 Å². The number of carbonyl (C=O) groups is 2. The minimum atomic E-state index is -0.719. The summed E-state index contributed by atoms with van der Waals surface area (Å²) in [6, 6.07) is 24.2. The maximum absolute atomic E-state index is 14.1. The largest absolute Gasteiger partial charge is 0.296 e. The van der Waals surface area contributed by atoms with Crippen molar-refractivity contribution in [3.8, 4) is 11.8 Å². The van der Waals surface area contributed by atoms with Gasteiger partial charge in [-0.2, -0.15) is 37.4 Å². The van der Waals surface area contributed by atoms with E-state index in [-0.39, 0.29) is 50.9 Å². The lowest BCUT2D eigenvalue weighted by molar-refractivity contribution is -0.123. The van der Waals surface area contributed by atoms with E-state index in [4.69, 9.17) is 5.10 Å². The number of fused-ring (bicyclic) bond motifs is 1. The van der Waals surface area contributed by atoms with E-state index < -0.39 is 11.8 Å². The van der Waals surface area contributed by atoms with Gasteiger partial charge in [-0.3, -0.25) is 14.5 Å². The topological polar surface area (TPSA) is 79.0 Å². The number of amides is 1. The second-order valence-electron chi connectivity index (χ2n) is 9.11. The van der Waals surface area contributed by atoms with Gasteiger partial charge >= 0.3 is 0 Å². The van der Waals surface area contributed by atoms with E-state index in [1.54, 1.807) is 46.0 Å². The molecule has 9 heteroatoms. The molecule has 0 saturated carbocycles. The number of hydrogen-bond donors (Lipinski definition) is 0. The highest BCUT2D eigenvalue weighted by molar-refractivity contribution is 7.59. The van der Waals surface area contributed by atoms with Gasteiger partial charge in [0.1, 0.15) is 11.6 Å². The Morgan fingerprint density at radius 1 is 1.03 bits per heavy atom. The Kier molecular flexibility index (Phi) is 9.38. The number of nitrogens with zero attached hydrogens (tertiary/aromatic N) is 4. The molecule has 3 aromatic carbocycles. The highest BCUT2D eigenvalue weighted by Crippen LogP contribution is 2.47. The van der Waals surface area contributed by atoms with E-state index in [0.717, 1.165) is 22.5 Å². The number of ketones is 1. The first-order valence-electron chi connectivity index (χ1n) is 12.2. The van der Waals surface area contributed by atoms with Gasteiger partial charge in [-0.25, -0.2) is 9.07 Å². The monoisotopic (exact) mass is 560 g/mol. The van der Waals surface area contributed by atoms with Crippen molar-refractivity contribution in [1.29, 1.82) is 5.26 Å². The van der Waals surface area contributed by atoms with Crippen molar-refractivity contribution < 1.29 is 14.0 Å². The van der Waals surface area contributed by atoms with Crippen molar-refractivity contribution in [2.45, 2.75) is 26.2 Å². The molecule has 2 heterocycles. The number of nitriles is 1. The third kappa shape index (κ3) is 5.49. The second kappa shape index (κ2) is 12.3. The summed E-state index contributed by atoms with van der Waals surface area (Å²) in [6.45, 7) is 4.19. The van der Waals surface area contributed by atoms with E-state index in [9.17, 15) is 19.2 Å². The SMILES string of the molecule is CCN1C(=O)[C@@H](CC(=O)c2cccc(C#N)c2)[C@@H](c2ccc(F)cc2)c2c(C)nn(-c3ccccc3)c21.S.S. The summed E-state index contributed by atoms with van der Waals surface area (Å²) < 4.78 is 15.7. The Bertz CT molecular complexity index is 1530. The second-order valence-corrected chi connectivity index (χ2v) is 9.11. The number of Topliss-reactive ketones (excluding diaryl/α,β-unsaturated/α-hetero) is 1. The van der Waals surface area contributed by atoms with Crippen molar-refractivity contribution >= 4 is 44.5 Å². The highest BCUT2D eigenvalue weighted by Gasteiger charge is 2.45. The molecule has 0 saturated heterocycles. The van der Waals surface area contributed by atoms with Gasteiger partial charge in [-0.05, 0) is 55.8 Å². The quantitative estimate of drug-likeness (QED) is 0.279. The molecular weight excluding hydrogens is 531 g/mol. The molecule has 1 amide bonds. The van der Waals surface area contributed by atoms with Gasteiger partial charge in [-0.15, -0.1) is 0 Å². The summed E-state index contributed by atoms with van der Waals surface area (Å²) in [5.74, 6) is -1.34. The van der Waals surface area contributed by atoms with E-state index in [1.165, 1.54) is 12.1 Å². The third-order valence-corrected chi connectivity index (χ3v) is 6.90. The fraction of sp³-hybridized carbons (Fsp3) is 0.200. The number of carbonyl (C=O) groups excluding carboxylic acids is 2. The van der Waals surface area contributed by atoms with Crippen LogP contribution in [0, 0.1) is 30.0 Å². The molecule has 0 radical (unpaired) electrons. The van der Waals surface area contributed by atoms with Crippen LogP contribution in [0.15, 0.2) is 78.9 Å². The predicted octanol–water partition coefficient (Wildman–Crippen LogP) is 5.80. The Balaban J connectivity index is 0.00000210. The summed E-state index contributed by atoms with van der Waals surface area (Å²) in [6.07, 6.45) is -0.0539. The van der Waals surface area contributed by atoms with Crippen molar-refractivity contribution in [1.82, 2.24) is 9.78 Å². The smallest absolute Gasteiger partial charge is 0.232 e. The van der Waals surface area contributed by atoms with Crippen LogP contribution in [0.2, 0.25) is 0 Å². The third-order valence-electron chi connectivity index (χ3n) is 6.90. The molecule has 0 aliphatic carbocycles. The average Bonchev–Trinajstić information content (AvgIpc) is 3.26. The van der Waals surface area contributed by atoms with Gasteiger partial charge < -0.3 is 0 Å². The van der Waals surface area contributed by atoms with Crippen LogP contribution in [-0.2, 0) is 4.79 Å². The number of para-hydroxylation sites is 1. The van der Waals surface area contributed by atoms with Gasteiger partial charge in [0.15, 0.2) is 5.78 Å². The van der Waals surface area contributed by atoms with Crippen LogP contribution in [0.3, 0.4) is 0 Å². The molecule has 5 rings (SSSR count). The standard InChI is InChI=1S/C30H25FN4O2.2H2S/c1-3-34-29-27(19(2)33-35(29)24-10-5-4-6-11-24)28(21-12-14-23(31)15-13-21)25(30(34)37)17-26(36)22-9-7-8-20(16-22)18-32;;/h4-16,25,28H,3,17H2,1-2H3;2*1H2/t25-,28+;;/m0../s1. The Morgan fingerprint density at radius 2 is 1.72 bits per heavy atom. The maximum Gasteiger partial charge on any atom is 0.232 e. The number of aryl methyl sites for hydroxylation is 1. The Morgan fingerprint density at radius 3 is 2.36 bits per heavy atom. The molecule has 39 heavy (non-hydrogen) atoms. The Hall–Kier alpha value is -3.87. The molecule has 1 aliphatic heterocycles. The highest BCUT2D eigenvalue weighted by atomic mass is 32.1. The summed E-state index contributed by atoms with van der Waals surface area (Å²) in [5.41, 5.74) is 3.91. The summed E-state index contributed by atoms with van der Waals surface area (Å²) >= 11 is 0. The van der Waals surface area contributed by atoms with Gasteiger partial charge in [0.25, 0.3) is 0 Å². The van der Waals surface area contributed by atoms with Crippen molar-refractivity contribution in [2.75, 3.05) is 11.4 Å². The zero-order chi connectivity index (χ0) is 26.1. The Labute approximate surface area is 241 Å².